The Labute approximate surface area is 101 Å². The lowest BCUT2D eigenvalue weighted by molar-refractivity contribution is 0.872. The lowest BCUT2D eigenvalue weighted by Gasteiger charge is -2.01. The molecule has 0 saturated heterocycles. The number of halogens is 1. The molecule has 0 unspecified atom stereocenters. The van der Waals surface area contributed by atoms with E-state index in [0.717, 1.165) is 16.9 Å². The summed E-state index contributed by atoms with van der Waals surface area (Å²) in [6.45, 7) is 1.85. The summed E-state index contributed by atoms with van der Waals surface area (Å²) in [5, 5.41) is 5.03. The average Bonchev–Trinajstić information content (AvgIpc) is 2.80. The van der Waals surface area contributed by atoms with Crippen LogP contribution in [0.3, 0.4) is 0 Å². The summed E-state index contributed by atoms with van der Waals surface area (Å²) in [7, 11) is 0. The summed E-state index contributed by atoms with van der Waals surface area (Å²) in [6, 6.07) is 7.26. The van der Waals surface area contributed by atoms with Gasteiger partial charge in [-0.1, -0.05) is 11.6 Å². The highest BCUT2D eigenvalue weighted by molar-refractivity contribution is 6.30. The van der Waals surface area contributed by atoms with Gasteiger partial charge in [0.2, 0.25) is 0 Å². The number of imidazole rings is 1. The number of aromatic nitrogens is 4. The Balaban J connectivity index is 2.29. The van der Waals surface area contributed by atoms with Gasteiger partial charge in [-0.3, -0.25) is 4.98 Å². The molecule has 1 aromatic carbocycles. The van der Waals surface area contributed by atoms with Crippen LogP contribution >= 0.6 is 11.6 Å². The molecule has 5 nitrogen and oxygen atoms in total. The summed E-state index contributed by atoms with van der Waals surface area (Å²) < 4.78 is 1.68. The first-order chi connectivity index (χ1) is 8.15. The van der Waals surface area contributed by atoms with Gasteiger partial charge in [-0.15, -0.1) is 0 Å². The van der Waals surface area contributed by atoms with Crippen molar-refractivity contribution in [2.45, 2.75) is 6.92 Å². The van der Waals surface area contributed by atoms with Gasteiger partial charge >= 0.3 is 5.69 Å². The molecule has 0 fully saturated rings. The van der Waals surface area contributed by atoms with Gasteiger partial charge in [0.25, 0.3) is 0 Å². The maximum Gasteiger partial charge on any atom is 0.325 e. The predicted octanol–water partition coefficient (Wildman–Crippen LogP) is 2.00. The number of hydrogen-bond acceptors (Lipinski definition) is 2. The molecule has 2 N–H and O–H groups in total. The Morgan fingerprint density at radius 2 is 1.94 bits per heavy atom. The van der Waals surface area contributed by atoms with E-state index in [-0.39, 0.29) is 5.69 Å². The van der Waals surface area contributed by atoms with Crippen LogP contribution in [0.1, 0.15) is 5.69 Å². The second kappa shape index (κ2) is 3.49. The van der Waals surface area contributed by atoms with Crippen LogP contribution in [0.25, 0.3) is 16.9 Å². The minimum atomic E-state index is -0.233. The molecule has 0 aliphatic heterocycles. The van der Waals surface area contributed by atoms with Gasteiger partial charge in [-0.05, 0) is 31.2 Å². The molecule has 86 valence electrons. The molecule has 0 atom stereocenters. The van der Waals surface area contributed by atoms with Crippen molar-refractivity contribution in [1.29, 1.82) is 0 Å². The summed E-state index contributed by atoms with van der Waals surface area (Å²) in [5.41, 5.74) is 2.78. The largest absolute Gasteiger partial charge is 0.325 e. The van der Waals surface area contributed by atoms with Crippen LogP contribution in [0, 0.1) is 6.92 Å². The number of benzene rings is 1. The molecule has 0 spiro atoms. The zero-order valence-corrected chi connectivity index (χ0v) is 9.75. The molecule has 0 radical (unpaired) electrons. The fourth-order valence-corrected chi connectivity index (χ4v) is 1.94. The third-order valence-corrected chi connectivity index (χ3v) is 2.85. The van der Waals surface area contributed by atoms with Gasteiger partial charge in [-0.2, -0.15) is 5.10 Å². The van der Waals surface area contributed by atoms with Crippen molar-refractivity contribution < 1.29 is 0 Å². The van der Waals surface area contributed by atoms with Gasteiger partial charge in [0.1, 0.15) is 5.52 Å². The molecule has 0 bridgehead atoms. The maximum atomic E-state index is 11.3. The van der Waals surface area contributed by atoms with Crippen LogP contribution in [0.5, 0.6) is 0 Å². The summed E-state index contributed by atoms with van der Waals surface area (Å²) >= 11 is 5.83. The second-order valence-corrected chi connectivity index (χ2v) is 4.21. The zero-order valence-electron chi connectivity index (χ0n) is 8.99. The third kappa shape index (κ3) is 1.55. The highest BCUT2D eigenvalue weighted by Gasteiger charge is 2.11. The Hall–Kier alpha value is -2.01. The van der Waals surface area contributed by atoms with Crippen LogP contribution in [0.2, 0.25) is 5.02 Å². The predicted molar refractivity (Wildman–Crippen MR) is 65.8 cm³/mol. The lowest BCUT2D eigenvalue weighted by Crippen LogP contribution is -2.04. The Morgan fingerprint density at radius 3 is 2.65 bits per heavy atom. The molecule has 2 aromatic heterocycles. The van der Waals surface area contributed by atoms with Crippen molar-refractivity contribution in [3.8, 4) is 5.69 Å². The summed E-state index contributed by atoms with van der Waals surface area (Å²) in [6.07, 6.45) is 0. The fourth-order valence-electron chi connectivity index (χ4n) is 1.81. The zero-order chi connectivity index (χ0) is 12.0. The first kappa shape index (κ1) is 10.2. The quantitative estimate of drug-likeness (QED) is 0.692. The molecule has 0 saturated carbocycles. The van der Waals surface area contributed by atoms with E-state index < -0.39 is 0 Å². The highest BCUT2D eigenvalue weighted by Crippen LogP contribution is 2.18. The number of hydrogen-bond donors (Lipinski definition) is 2. The van der Waals surface area contributed by atoms with E-state index in [9.17, 15) is 4.79 Å². The van der Waals surface area contributed by atoms with E-state index in [2.05, 4.69) is 15.1 Å². The smallest absolute Gasteiger partial charge is 0.303 e. The van der Waals surface area contributed by atoms with Crippen LogP contribution in [0.4, 0.5) is 0 Å². The monoisotopic (exact) mass is 248 g/mol. The van der Waals surface area contributed by atoms with Crippen LogP contribution in [0.15, 0.2) is 29.1 Å². The highest BCUT2D eigenvalue weighted by atomic mass is 35.5. The number of nitrogens with zero attached hydrogens (tertiary/aromatic N) is 2. The van der Waals surface area contributed by atoms with E-state index in [0.29, 0.717) is 10.7 Å². The number of aromatic amines is 2. The fraction of sp³-hybridized carbons (Fsp3) is 0.0909. The Bertz CT molecular complexity index is 735. The van der Waals surface area contributed by atoms with Crippen LogP contribution in [-0.4, -0.2) is 19.7 Å². The normalized spacial score (nSPS) is 11.2. The van der Waals surface area contributed by atoms with Gasteiger partial charge in [0.05, 0.1) is 11.4 Å². The van der Waals surface area contributed by atoms with Crippen molar-refractivity contribution >= 4 is 22.8 Å². The molecule has 3 rings (SSSR count). The molecule has 0 aliphatic carbocycles. The van der Waals surface area contributed by atoms with E-state index >= 15 is 0 Å². The maximum absolute atomic E-state index is 11.3. The Morgan fingerprint density at radius 1 is 1.24 bits per heavy atom. The number of aryl methyl sites for hydroxylation is 1. The van der Waals surface area contributed by atoms with Gasteiger partial charge in [0, 0.05) is 5.02 Å². The molecular formula is C11H9ClN4O. The van der Waals surface area contributed by atoms with Crippen molar-refractivity contribution in [2.75, 3.05) is 0 Å². The third-order valence-electron chi connectivity index (χ3n) is 2.60. The van der Waals surface area contributed by atoms with E-state index in [4.69, 9.17) is 11.6 Å². The summed E-state index contributed by atoms with van der Waals surface area (Å²) in [4.78, 5) is 16.7. The first-order valence-electron chi connectivity index (χ1n) is 5.09. The molecule has 6 heteroatoms. The van der Waals surface area contributed by atoms with E-state index in [1.807, 2.05) is 19.1 Å². The van der Waals surface area contributed by atoms with Crippen LogP contribution < -0.4 is 5.69 Å². The topological polar surface area (TPSA) is 66.5 Å². The molecule has 2 heterocycles. The molecule has 0 amide bonds. The van der Waals surface area contributed by atoms with Gasteiger partial charge in [-0.25, -0.2) is 9.48 Å². The van der Waals surface area contributed by atoms with E-state index in [1.54, 1.807) is 16.8 Å². The van der Waals surface area contributed by atoms with E-state index in [1.165, 1.54) is 0 Å². The minimum Gasteiger partial charge on any atom is -0.303 e. The lowest BCUT2D eigenvalue weighted by atomic mass is 10.3. The number of nitrogens with one attached hydrogen (secondary N) is 2. The summed E-state index contributed by atoms with van der Waals surface area (Å²) in [5.74, 6) is 0. The average molecular weight is 249 g/mol. The molecule has 0 aliphatic rings. The van der Waals surface area contributed by atoms with Gasteiger partial charge in [0.15, 0.2) is 5.65 Å². The Kier molecular flexibility index (Phi) is 2.09. The second-order valence-electron chi connectivity index (χ2n) is 3.78. The first-order valence-corrected chi connectivity index (χ1v) is 5.46. The van der Waals surface area contributed by atoms with Crippen molar-refractivity contribution in [1.82, 2.24) is 19.7 Å². The molecule has 3 aromatic rings. The minimum absolute atomic E-state index is 0.233. The molecule has 17 heavy (non-hydrogen) atoms. The number of H-pyrrole nitrogens is 2. The van der Waals surface area contributed by atoms with Crippen molar-refractivity contribution in [2.24, 2.45) is 0 Å². The molecular weight excluding hydrogens is 240 g/mol. The van der Waals surface area contributed by atoms with Gasteiger partial charge < -0.3 is 4.98 Å². The van der Waals surface area contributed by atoms with Crippen molar-refractivity contribution in [3.63, 3.8) is 0 Å². The standard InChI is InChI=1S/C11H9ClN4O/c1-6-9-10(14-11(17)13-9)16(15-6)8-4-2-7(12)3-5-8/h2-5H,1H3,(H2,13,14,17). The SMILES string of the molecule is Cc1nn(-c2ccc(Cl)cc2)c2[nH]c(=O)[nH]c12. The van der Waals surface area contributed by atoms with Crippen molar-refractivity contribution in [3.05, 3.63) is 45.5 Å². The number of rotatable bonds is 1. The number of fused-ring (bicyclic) bond motifs is 1. The van der Waals surface area contributed by atoms with Crippen LogP contribution in [-0.2, 0) is 0 Å².